The van der Waals surface area contributed by atoms with Gasteiger partial charge in [0.05, 0.1) is 23.5 Å². The van der Waals surface area contributed by atoms with Gasteiger partial charge in [-0.15, -0.1) is 0 Å². The summed E-state index contributed by atoms with van der Waals surface area (Å²) in [5.74, 6) is -13.9. The van der Waals surface area contributed by atoms with Gasteiger partial charge in [0.2, 0.25) is 45.9 Å². The maximum atomic E-state index is 16.3. The zero-order valence-electron chi connectivity index (χ0n) is 23.8. The van der Waals surface area contributed by atoms with E-state index in [9.17, 15) is 44.1 Å². The van der Waals surface area contributed by atoms with E-state index in [0.717, 1.165) is 17.0 Å². The lowest BCUT2D eigenvalue weighted by atomic mass is 9.79. The van der Waals surface area contributed by atoms with Crippen molar-refractivity contribution in [2.45, 2.75) is 61.9 Å². The second kappa shape index (κ2) is 11.2. The first-order valence-electron chi connectivity index (χ1n) is 13.4. The number of ether oxygens (including phenoxy) is 1. The quantitative estimate of drug-likeness (QED) is 0.158. The molecule has 1 amide bonds. The fourth-order valence-corrected chi connectivity index (χ4v) is 6.22. The molecule has 0 saturated carbocycles. The number of rotatable bonds is 5. The lowest BCUT2D eigenvalue weighted by Gasteiger charge is -2.45. The van der Waals surface area contributed by atoms with Crippen LogP contribution in [0.15, 0.2) is 41.3 Å². The van der Waals surface area contributed by atoms with Crippen molar-refractivity contribution in [3.8, 4) is 5.75 Å². The largest absolute Gasteiger partial charge is 0.444 e. The summed E-state index contributed by atoms with van der Waals surface area (Å²) < 4.78 is 148. The Balaban J connectivity index is 1.44. The molecule has 1 fully saturated rings. The second-order valence-electron chi connectivity index (χ2n) is 11.8. The maximum Gasteiger partial charge on any atom is 0.416 e. The van der Waals surface area contributed by atoms with Crippen molar-refractivity contribution in [1.29, 1.82) is 0 Å². The highest BCUT2D eigenvalue weighted by atomic mass is 32.2. The van der Waals surface area contributed by atoms with Gasteiger partial charge in [-0.3, -0.25) is 0 Å². The van der Waals surface area contributed by atoms with Crippen LogP contribution in [0.3, 0.4) is 0 Å². The van der Waals surface area contributed by atoms with Gasteiger partial charge in [-0.1, -0.05) is 12.1 Å². The first-order valence-corrected chi connectivity index (χ1v) is 14.5. The highest BCUT2D eigenvalue weighted by molar-refractivity contribution is 7.80. The van der Waals surface area contributed by atoms with Crippen LogP contribution in [0.1, 0.15) is 60.9 Å². The predicted molar refractivity (Wildman–Crippen MR) is 142 cm³/mol. The Bertz CT molecular complexity index is 1690. The van der Waals surface area contributed by atoms with E-state index in [-0.39, 0.29) is 28.9 Å². The fraction of sp³-hybridized carbons (Fsp3) is 0.367. The molecule has 1 heterocycles. The van der Waals surface area contributed by atoms with Gasteiger partial charge < -0.3 is 13.8 Å². The molecule has 3 aromatic carbocycles. The predicted octanol–water partition coefficient (Wildman–Crippen LogP) is 8.00. The third-order valence-corrected chi connectivity index (χ3v) is 8.44. The Morgan fingerprint density at radius 2 is 1.47 bits per heavy atom. The summed E-state index contributed by atoms with van der Waals surface area (Å²) in [5, 5.41) is 0. The van der Waals surface area contributed by atoms with E-state index in [1.807, 2.05) is 0 Å². The topological polar surface area (TPSA) is 55.8 Å². The molecule has 1 aliphatic carbocycles. The van der Waals surface area contributed by atoms with E-state index in [0.29, 0.717) is 11.1 Å². The molecule has 0 N–H and O–H groups in total. The number of benzene rings is 3. The summed E-state index contributed by atoms with van der Waals surface area (Å²) in [5.41, 5.74) is -3.27. The summed E-state index contributed by atoms with van der Waals surface area (Å²) in [7, 11) is 0. The van der Waals surface area contributed by atoms with Crippen LogP contribution in [-0.2, 0) is 34.1 Å². The molecule has 3 aromatic rings. The van der Waals surface area contributed by atoms with E-state index in [2.05, 4.69) is 4.18 Å². The van der Waals surface area contributed by atoms with E-state index < -0.39 is 94.0 Å². The lowest BCUT2D eigenvalue weighted by Crippen LogP contribution is -2.60. The number of hydrogen-bond acceptors (Lipinski definition) is 4. The molecule has 5 nitrogen and oxygen atoms in total. The van der Waals surface area contributed by atoms with Gasteiger partial charge in [0, 0.05) is 5.92 Å². The number of alkyl halides is 4. The fourth-order valence-electron chi connectivity index (χ4n) is 5.41. The van der Waals surface area contributed by atoms with Crippen LogP contribution in [-0.4, -0.2) is 33.9 Å². The molecule has 0 bridgehead atoms. The molecule has 2 unspecified atom stereocenters. The van der Waals surface area contributed by atoms with Gasteiger partial charge in [-0.25, -0.2) is 26.6 Å². The van der Waals surface area contributed by atoms with Crippen molar-refractivity contribution in [2.24, 2.45) is 0 Å². The minimum atomic E-state index is -4.78. The summed E-state index contributed by atoms with van der Waals surface area (Å²) in [6, 6.07) is 6.64. The number of fused-ring (bicyclic) bond motifs is 1. The molecule has 1 aliphatic heterocycles. The smallest absolute Gasteiger partial charge is 0.416 e. The molecule has 0 aromatic heterocycles. The highest BCUT2D eigenvalue weighted by Gasteiger charge is 2.51. The monoisotopic (exact) mass is 665 g/mol. The maximum absolute atomic E-state index is 16.3. The first kappa shape index (κ1) is 32.6. The standard InChI is InChI=1S/C30H24F9NO4S/c1-28(2,3)43-27(41)40-12-29(36,13-40)20-11-15(30(37,38)39)5-8-19(20)18-7-4-14-10-16(6-9-17(14)18)45(42)44-26-24(34)22(32)21(31)23(33)25(26)35/h5-6,8-11,18H,4,7,12-13H2,1-3H3. The number of amides is 1. The van der Waals surface area contributed by atoms with Crippen LogP contribution in [0.2, 0.25) is 0 Å². The van der Waals surface area contributed by atoms with E-state index in [1.54, 1.807) is 20.8 Å². The van der Waals surface area contributed by atoms with Crippen molar-refractivity contribution in [3.05, 3.63) is 93.3 Å². The molecule has 2 aliphatic rings. The molecule has 15 heteroatoms. The molecule has 1 saturated heterocycles. The lowest BCUT2D eigenvalue weighted by molar-refractivity contribution is -0.137. The normalized spacial score (nSPS) is 18.3. The van der Waals surface area contributed by atoms with Crippen LogP contribution < -0.4 is 4.18 Å². The van der Waals surface area contributed by atoms with Gasteiger partial charge in [0.1, 0.15) is 5.60 Å². The third-order valence-electron chi connectivity index (χ3n) is 7.49. The van der Waals surface area contributed by atoms with E-state index >= 15 is 4.39 Å². The van der Waals surface area contributed by atoms with Gasteiger partial charge in [-0.05, 0) is 80.1 Å². The Hall–Kier alpha value is -3.75. The minimum Gasteiger partial charge on any atom is -0.444 e. The molecular formula is C30H24F9NO4S. The van der Waals surface area contributed by atoms with Crippen molar-refractivity contribution in [1.82, 2.24) is 4.90 Å². The molecule has 0 radical (unpaired) electrons. The van der Waals surface area contributed by atoms with Gasteiger partial charge in [-0.2, -0.15) is 22.0 Å². The minimum absolute atomic E-state index is 0.194. The van der Waals surface area contributed by atoms with Crippen LogP contribution in [0.5, 0.6) is 5.75 Å². The van der Waals surface area contributed by atoms with Gasteiger partial charge in [0.25, 0.3) is 0 Å². The Labute approximate surface area is 253 Å². The molecule has 45 heavy (non-hydrogen) atoms. The van der Waals surface area contributed by atoms with Crippen LogP contribution in [0.25, 0.3) is 0 Å². The van der Waals surface area contributed by atoms with E-state index in [1.165, 1.54) is 24.3 Å². The Kier molecular flexibility index (Phi) is 8.16. The van der Waals surface area contributed by atoms with Crippen molar-refractivity contribution in [3.63, 3.8) is 0 Å². The molecule has 2 atom stereocenters. The van der Waals surface area contributed by atoms with Gasteiger partial charge in [0.15, 0.2) is 5.67 Å². The number of nitrogens with zero attached hydrogens (tertiary/aromatic N) is 1. The molecule has 0 spiro atoms. The average Bonchev–Trinajstić information content (AvgIpc) is 3.37. The number of aryl methyl sites for hydroxylation is 1. The zero-order chi connectivity index (χ0) is 33.2. The third kappa shape index (κ3) is 6.10. The van der Waals surface area contributed by atoms with Crippen LogP contribution in [0.4, 0.5) is 44.3 Å². The summed E-state index contributed by atoms with van der Waals surface area (Å²) in [6.45, 7) is 3.76. The number of carbonyl (C=O) groups excluding carboxylic acids is 1. The number of likely N-dealkylation sites (tertiary alicyclic amines) is 1. The summed E-state index contributed by atoms with van der Waals surface area (Å²) in [6.07, 6.45) is -5.05. The van der Waals surface area contributed by atoms with Gasteiger partial charge >= 0.3 is 12.3 Å². The van der Waals surface area contributed by atoms with Crippen molar-refractivity contribution in [2.75, 3.05) is 13.1 Å². The average molecular weight is 666 g/mol. The van der Waals surface area contributed by atoms with Crippen LogP contribution >= 0.6 is 0 Å². The number of halogens is 9. The van der Waals surface area contributed by atoms with Crippen molar-refractivity contribution >= 4 is 17.2 Å². The number of hydrogen-bond donors (Lipinski definition) is 0. The Morgan fingerprint density at radius 1 is 0.889 bits per heavy atom. The Morgan fingerprint density at radius 3 is 2.04 bits per heavy atom. The summed E-state index contributed by atoms with van der Waals surface area (Å²) >= 11 is -2.74. The van der Waals surface area contributed by atoms with Crippen LogP contribution in [0, 0.1) is 29.1 Å². The summed E-state index contributed by atoms with van der Waals surface area (Å²) in [4.78, 5) is 13.3. The van der Waals surface area contributed by atoms with Crippen molar-refractivity contribution < 1.29 is 57.4 Å². The molecule has 5 rings (SSSR count). The molecular weight excluding hydrogens is 641 g/mol. The first-order chi connectivity index (χ1) is 20.8. The highest BCUT2D eigenvalue weighted by Crippen LogP contribution is 2.47. The second-order valence-corrected chi connectivity index (χ2v) is 12.9. The zero-order valence-corrected chi connectivity index (χ0v) is 24.6. The SMILES string of the molecule is CC(C)(C)OC(=O)N1CC(F)(c2cc(C(F)(F)F)ccc2C2CCc3cc(S(=O)Oc4c(F)c(F)c(F)c(F)c4F)ccc32)C1. The molecule has 242 valence electrons. The van der Waals surface area contributed by atoms with E-state index in [4.69, 9.17) is 4.74 Å². The number of carbonyl (C=O) groups is 1.